The molecule has 1 heterocycles. The van der Waals surface area contributed by atoms with E-state index in [1.54, 1.807) is 0 Å². The minimum atomic E-state index is -0.780. The Morgan fingerprint density at radius 3 is 1.03 bits per heavy atom. The van der Waals surface area contributed by atoms with Crippen molar-refractivity contribution in [2.75, 3.05) is 14.7 Å². The molecule has 0 atom stereocenters. The summed E-state index contributed by atoms with van der Waals surface area (Å²) in [5.74, 6) is 0. The highest BCUT2D eigenvalue weighted by Crippen LogP contribution is 2.67. The predicted molar refractivity (Wildman–Crippen MR) is 314 cm³/mol. The Balaban J connectivity index is 1.20. The van der Waals surface area contributed by atoms with Crippen LogP contribution < -0.4 is 14.7 Å². The first kappa shape index (κ1) is 45.2. The van der Waals surface area contributed by atoms with Crippen LogP contribution in [0.15, 0.2) is 249 Å². The van der Waals surface area contributed by atoms with E-state index in [-0.39, 0.29) is 10.8 Å². The van der Waals surface area contributed by atoms with Crippen LogP contribution in [0.3, 0.4) is 0 Å². The number of rotatable bonds is 7. The Morgan fingerprint density at radius 2 is 0.635 bits per heavy atom. The van der Waals surface area contributed by atoms with Gasteiger partial charge < -0.3 is 14.7 Å². The van der Waals surface area contributed by atoms with E-state index < -0.39 is 5.41 Å². The van der Waals surface area contributed by atoms with Gasteiger partial charge in [0.1, 0.15) is 0 Å². The zero-order chi connectivity index (χ0) is 50.3. The smallest absolute Gasteiger partial charge is 0.0756 e. The molecular weight excluding hydrogens is 895 g/mol. The molecule has 11 aromatic carbocycles. The van der Waals surface area contributed by atoms with Gasteiger partial charge in [0.05, 0.1) is 28.2 Å². The minimum Gasteiger partial charge on any atom is -0.310 e. The Kier molecular flexibility index (Phi) is 10.5. The molecule has 0 amide bonds. The highest BCUT2D eigenvalue weighted by molar-refractivity contribution is 6.19. The van der Waals surface area contributed by atoms with Crippen molar-refractivity contribution in [2.24, 2.45) is 0 Å². The van der Waals surface area contributed by atoms with E-state index in [2.05, 4.69) is 305 Å². The van der Waals surface area contributed by atoms with E-state index in [0.717, 1.165) is 51.2 Å². The summed E-state index contributed by atoms with van der Waals surface area (Å²) >= 11 is 0. The topological polar surface area (TPSA) is 9.72 Å². The van der Waals surface area contributed by atoms with Crippen LogP contribution in [-0.2, 0) is 16.2 Å². The van der Waals surface area contributed by atoms with Crippen molar-refractivity contribution in [3.63, 3.8) is 0 Å². The van der Waals surface area contributed by atoms with Crippen molar-refractivity contribution in [1.29, 1.82) is 0 Å². The van der Waals surface area contributed by atoms with Gasteiger partial charge >= 0.3 is 0 Å². The standard InChI is InChI=1S/C71H59N3/c1-69(2,3)48-38-42-53(43-39-48)72(50-24-10-7-11-25-50)65-46-61-67(57-32-18-16-30-55(57)65)68-58-33-19-17-31-56(58)66(73(51-26-12-8-13-27-51)54-44-40-49(41-45-54)70(4,5)6)47-62(68)71(61)59-34-20-22-36-63(59)74(52-28-14-9-15-29-52)64-37-23-21-35-60(64)71/h7-47H,1-6H3. The summed E-state index contributed by atoms with van der Waals surface area (Å²) in [6, 6.07) is 93.1. The number of para-hydroxylation sites is 5. The van der Waals surface area contributed by atoms with Gasteiger partial charge in [-0.25, -0.2) is 0 Å². The van der Waals surface area contributed by atoms with Crippen molar-refractivity contribution < 1.29 is 0 Å². The zero-order valence-corrected chi connectivity index (χ0v) is 43.0. The Labute approximate surface area is 436 Å². The highest BCUT2D eigenvalue weighted by atomic mass is 15.2. The van der Waals surface area contributed by atoms with E-state index in [0.29, 0.717) is 0 Å². The Hall–Kier alpha value is -8.66. The molecular formula is C71H59N3. The summed E-state index contributed by atoms with van der Waals surface area (Å²) in [4.78, 5) is 7.47. The molecule has 2 aliphatic rings. The normalized spacial score (nSPS) is 13.4. The van der Waals surface area contributed by atoms with Gasteiger partial charge in [-0.1, -0.05) is 205 Å². The lowest BCUT2D eigenvalue weighted by Gasteiger charge is -2.45. The van der Waals surface area contributed by atoms with Crippen molar-refractivity contribution in [2.45, 2.75) is 57.8 Å². The van der Waals surface area contributed by atoms with Crippen molar-refractivity contribution in [3.8, 4) is 11.1 Å². The average molecular weight is 954 g/mol. The van der Waals surface area contributed by atoms with Crippen molar-refractivity contribution in [1.82, 2.24) is 0 Å². The number of hydrogen-bond acceptors (Lipinski definition) is 3. The molecule has 0 fully saturated rings. The third-order valence-electron chi connectivity index (χ3n) is 15.7. The molecule has 1 spiro atoms. The molecule has 0 N–H and O–H groups in total. The average Bonchev–Trinajstić information content (AvgIpc) is 3.87. The maximum Gasteiger partial charge on any atom is 0.0756 e. The van der Waals surface area contributed by atoms with Crippen LogP contribution in [0, 0.1) is 0 Å². The van der Waals surface area contributed by atoms with Crippen LogP contribution >= 0.6 is 0 Å². The van der Waals surface area contributed by atoms with E-state index in [1.807, 2.05) is 0 Å². The SMILES string of the molecule is CC(C)(C)c1ccc(N(c2ccccc2)c2cc3c(c4ccccc24)-c2c(cc(N(c4ccccc4)c4ccc(C(C)(C)C)cc4)c4ccccc24)C32c3ccccc3N(c3ccccc3)c3ccccc32)cc1. The zero-order valence-electron chi connectivity index (χ0n) is 43.0. The van der Waals surface area contributed by atoms with Gasteiger partial charge in [-0.15, -0.1) is 0 Å². The van der Waals surface area contributed by atoms with Crippen LogP contribution in [0.25, 0.3) is 32.7 Å². The van der Waals surface area contributed by atoms with E-state index >= 15 is 0 Å². The monoisotopic (exact) mass is 953 g/mol. The summed E-state index contributed by atoms with van der Waals surface area (Å²) in [5, 5.41) is 4.83. The maximum absolute atomic E-state index is 2.57. The molecule has 0 bridgehead atoms. The van der Waals surface area contributed by atoms with Crippen LogP contribution in [0.4, 0.5) is 51.2 Å². The van der Waals surface area contributed by atoms with Crippen LogP contribution in [0.5, 0.6) is 0 Å². The van der Waals surface area contributed by atoms with Crippen molar-refractivity contribution >= 4 is 72.7 Å². The summed E-state index contributed by atoms with van der Waals surface area (Å²) in [6.07, 6.45) is 0. The van der Waals surface area contributed by atoms with Gasteiger partial charge in [-0.2, -0.15) is 0 Å². The molecule has 0 saturated carbocycles. The summed E-state index contributed by atoms with van der Waals surface area (Å²) in [7, 11) is 0. The molecule has 358 valence electrons. The van der Waals surface area contributed by atoms with E-state index in [9.17, 15) is 0 Å². The number of benzene rings is 11. The third-order valence-corrected chi connectivity index (χ3v) is 15.7. The molecule has 0 radical (unpaired) electrons. The van der Waals surface area contributed by atoms with Gasteiger partial charge in [-0.05, 0) is 151 Å². The molecule has 0 saturated heterocycles. The second kappa shape index (κ2) is 17.2. The fraction of sp³-hybridized carbons (Fsp3) is 0.127. The highest BCUT2D eigenvalue weighted by Gasteiger charge is 2.53. The lowest BCUT2D eigenvalue weighted by molar-refractivity contribution is 0.590. The summed E-state index contributed by atoms with van der Waals surface area (Å²) in [5.41, 5.74) is 19.6. The summed E-state index contributed by atoms with van der Waals surface area (Å²) in [6.45, 7) is 13.7. The third kappa shape index (κ3) is 7.01. The molecule has 3 nitrogen and oxygen atoms in total. The fourth-order valence-corrected chi connectivity index (χ4v) is 12.3. The van der Waals surface area contributed by atoms with Crippen LogP contribution in [0.2, 0.25) is 0 Å². The Bertz CT molecular complexity index is 3660. The molecule has 74 heavy (non-hydrogen) atoms. The van der Waals surface area contributed by atoms with Crippen molar-refractivity contribution in [3.05, 3.63) is 282 Å². The first-order valence-electron chi connectivity index (χ1n) is 26.1. The van der Waals surface area contributed by atoms with E-state index in [1.165, 1.54) is 66.1 Å². The number of hydrogen-bond donors (Lipinski definition) is 0. The second-order valence-electron chi connectivity index (χ2n) is 22.1. The molecule has 1 aliphatic carbocycles. The molecule has 13 rings (SSSR count). The van der Waals surface area contributed by atoms with Gasteiger partial charge in [0.25, 0.3) is 0 Å². The quantitative estimate of drug-likeness (QED) is 0.158. The fourth-order valence-electron chi connectivity index (χ4n) is 12.3. The first-order valence-corrected chi connectivity index (χ1v) is 26.1. The lowest BCUT2D eigenvalue weighted by atomic mass is 9.64. The minimum absolute atomic E-state index is 0.0114. The van der Waals surface area contributed by atoms with Crippen LogP contribution in [0.1, 0.15) is 74.9 Å². The maximum atomic E-state index is 2.57. The van der Waals surface area contributed by atoms with E-state index in [4.69, 9.17) is 0 Å². The van der Waals surface area contributed by atoms with Gasteiger partial charge in [0.2, 0.25) is 0 Å². The molecule has 11 aromatic rings. The first-order chi connectivity index (χ1) is 36.0. The number of nitrogens with zero attached hydrogens (tertiary/aromatic N) is 3. The predicted octanol–water partition coefficient (Wildman–Crippen LogP) is 19.7. The number of fused-ring (bicyclic) bond motifs is 13. The largest absolute Gasteiger partial charge is 0.310 e. The van der Waals surface area contributed by atoms with Gasteiger partial charge in [0, 0.05) is 39.2 Å². The molecule has 0 aromatic heterocycles. The van der Waals surface area contributed by atoms with Gasteiger partial charge in [-0.3, -0.25) is 0 Å². The second-order valence-corrected chi connectivity index (χ2v) is 22.1. The molecule has 0 unspecified atom stereocenters. The Morgan fingerprint density at radius 1 is 0.311 bits per heavy atom. The molecule has 3 heteroatoms. The number of anilines is 9. The lowest BCUT2D eigenvalue weighted by Crippen LogP contribution is -2.36. The van der Waals surface area contributed by atoms with Gasteiger partial charge in [0.15, 0.2) is 0 Å². The molecule has 1 aliphatic heterocycles. The van der Waals surface area contributed by atoms with Crippen LogP contribution in [-0.4, -0.2) is 0 Å². The summed E-state index contributed by atoms with van der Waals surface area (Å²) < 4.78 is 0.